The third kappa shape index (κ3) is 2.48. The minimum Gasteiger partial charge on any atom is -0.346 e. The van der Waals surface area contributed by atoms with Crippen LogP contribution in [0.15, 0.2) is 42.5 Å². The lowest BCUT2D eigenvalue weighted by molar-refractivity contribution is -0.123. The normalized spacial score (nSPS) is 17.3. The average molecular weight is 367 g/mol. The van der Waals surface area contributed by atoms with Crippen LogP contribution in [-0.2, 0) is 11.2 Å². The highest BCUT2D eigenvalue weighted by Crippen LogP contribution is 2.35. The number of nitrogens with zero attached hydrogens (tertiary/aromatic N) is 3. The van der Waals surface area contributed by atoms with Crippen LogP contribution in [0.25, 0.3) is 10.2 Å². The molecule has 0 unspecified atom stereocenters. The van der Waals surface area contributed by atoms with Gasteiger partial charge in [-0.2, -0.15) is 0 Å². The Hall–Kier alpha value is -2.47. The zero-order valence-corrected chi connectivity index (χ0v) is 15.0. The Morgan fingerprint density at radius 1 is 1.15 bits per heavy atom. The minimum absolute atomic E-state index is 0.0157. The summed E-state index contributed by atoms with van der Waals surface area (Å²) in [5, 5.41) is 0.799. The molecule has 4 nitrogen and oxygen atoms in total. The number of hydrogen-bond donors (Lipinski definition) is 0. The molecule has 0 atom stereocenters. The van der Waals surface area contributed by atoms with Gasteiger partial charge in [0.25, 0.3) is 0 Å². The van der Waals surface area contributed by atoms with Gasteiger partial charge in [0.1, 0.15) is 11.3 Å². The van der Waals surface area contributed by atoms with E-state index >= 15 is 0 Å². The van der Waals surface area contributed by atoms with Crippen molar-refractivity contribution in [3.05, 3.63) is 53.8 Å². The first kappa shape index (κ1) is 15.8. The van der Waals surface area contributed by atoms with Crippen LogP contribution in [-0.4, -0.2) is 30.5 Å². The summed E-state index contributed by atoms with van der Waals surface area (Å²) in [5.41, 5.74) is 2.74. The maximum atomic E-state index is 13.8. The number of aromatic nitrogens is 1. The van der Waals surface area contributed by atoms with Gasteiger partial charge in [-0.3, -0.25) is 4.79 Å². The maximum Gasteiger partial charge on any atom is 0.233 e. The molecule has 1 fully saturated rings. The molecule has 6 heteroatoms. The van der Waals surface area contributed by atoms with Crippen LogP contribution in [0.4, 0.5) is 15.2 Å². The number of amides is 1. The number of carbonyl (C=O) groups is 1. The summed E-state index contributed by atoms with van der Waals surface area (Å²) in [4.78, 5) is 21.4. The predicted molar refractivity (Wildman–Crippen MR) is 102 cm³/mol. The van der Waals surface area contributed by atoms with Crippen LogP contribution in [0.3, 0.4) is 0 Å². The van der Waals surface area contributed by atoms with Crippen molar-refractivity contribution in [1.82, 2.24) is 4.98 Å². The van der Waals surface area contributed by atoms with Gasteiger partial charge >= 0.3 is 0 Å². The summed E-state index contributed by atoms with van der Waals surface area (Å²) < 4.78 is 14.7. The number of thiazole rings is 1. The van der Waals surface area contributed by atoms with Gasteiger partial charge < -0.3 is 9.80 Å². The van der Waals surface area contributed by atoms with E-state index in [0.29, 0.717) is 18.6 Å². The molecule has 3 heterocycles. The monoisotopic (exact) mass is 367 g/mol. The lowest BCUT2D eigenvalue weighted by Crippen LogP contribution is -2.55. The van der Waals surface area contributed by atoms with E-state index in [1.807, 2.05) is 29.2 Å². The third-order valence-electron chi connectivity index (χ3n) is 5.24. The maximum absolute atomic E-state index is 13.8. The van der Waals surface area contributed by atoms with E-state index in [4.69, 9.17) is 0 Å². The van der Waals surface area contributed by atoms with Crippen molar-refractivity contribution in [3.8, 4) is 0 Å². The van der Waals surface area contributed by atoms with Gasteiger partial charge in [-0.05, 0) is 36.6 Å². The van der Waals surface area contributed by atoms with Gasteiger partial charge in [-0.15, -0.1) is 0 Å². The molecule has 2 aliphatic rings. The Morgan fingerprint density at radius 2 is 2.00 bits per heavy atom. The molecule has 0 bridgehead atoms. The van der Waals surface area contributed by atoms with Crippen LogP contribution in [0.5, 0.6) is 0 Å². The smallest absolute Gasteiger partial charge is 0.233 e. The number of rotatable bonds is 2. The molecule has 2 aliphatic heterocycles. The number of hydrogen-bond acceptors (Lipinski definition) is 4. The van der Waals surface area contributed by atoms with Crippen molar-refractivity contribution in [1.29, 1.82) is 0 Å². The topological polar surface area (TPSA) is 36.4 Å². The second-order valence-electron chi connectivity index (χ2n) is 6.91. The molecule has 0 N–H and O–H groups in total. The van der Waals surface area contributed by atoms with Crippen LogP contribution in [0.1, 0.15) is 12.0 Å². The molecule has 0 saturated carbocycles. The molecular weight excluding hydrogens is 349 g/mol. The van der Waals surface area contributed by atoms with Crippen molar-refractivity contribution >= 4 is 38.3 Å². The fourth-order valence-electron chi connectivity index (χ4n) is 3.81. The van der Waals surface area contributed by atoms with Crippen molar-refractivity contribution in [2.75, 3.05) is 29.4 Å². The van der Waals surface area contributed by atoms with Crippen molar-refractivity contribution < 1.29 is 9.18 Å². The van der Waals surface area contributed by atoms with E-state index < -0.39 is 0 Å². The summed E-state index contributed by atoms with van der Waals surface area (Å²) >= 11 is 1.48. The second-order valence-corrected chi connectivity index (χ2v) is 7.92. The molecule has 1 saturated heterocycles. The van der Waals surface area contributed by atoms with Crippen LogP contribution < -0.4 is 9.80 Å². The van der Waals surface area contributed by atoms with Gasteiger partial charge in [0.2, 0.25) is 5.91 Å². The van der Waals surface area contributed by atoms with Crippen molar-refractivity contribution in [3.63, 3.8) is 0 Å². The van der Waals surface area contributed by atoms with E-state index in [2.05, 4.69) is 16.0 Å². The van der Waals surface area contributed by atoms with Crippen LogP contribution in [0.2, 0.25) is 0 Å². The SMILES string of the molecule is O=C(C1CN(c2nc3c(F)cccc3s2)C1)N1CCCc2ccccc21. The second kappa shape index (κ2) is 6.06. The van der Waals surface area contributed by atoms with E-state index in [9.17, 15) is 9.18 Å². The van der Waals surface area contributed by atoms with Crippen molar-refractivity contribution in [2.45, 2.75) is 12.8 Å². The molecule has 1 amide bonds. The van der Waals surface area contributed by atoms with Crippen LogP contribution in [0, 0.1) is 11.7 Å². The molecular formula is C20H18FN3OS. The van der Waals surface area contributed by atoms with E-state index in [-0.39, 0.29) is 17.6 Å². The third-order valence-corrected chi connectivity index (χ3v) is 6.32. The first-order valence-corrected chi connectivity index (χ1v) is 9.71. The molecule has 5 rings (SSSR count). The number of fused-ring (bicyclic) bond motifs is 2. The summed E-state index contributed by atoms with van der Waals surface area (Å²) in [7, 11) is 0. The number of benzene rings is 2. The molecule has 1 aromatic heterocycles. The highest BCUT2D eigenvalue weighted by Gasteiger charge is 2.38. The minimum atomic E-state index is -0.289. The Balaban J connectivity index is 1.32. The Labute approximate surface area is 154 Å². The number of anilines is 2. The van der Waals surface area contributed by atoms with Gasteiger partial charge in [0, 0.05) is 25.3 Å². The van der Waals surface area contributed by atoms with E-state index in [0.717, 1.165) is 34.9 Å². The summed E-state index contributed by atoms with van der Waals surface area (Å²) in [6.45, 7) is 2.09. The first-order chi connectivity index (χ1) is 12.7. The zero-order valence-electron chi connectivity index (χ0n) is 14.2. The molecule has 26 heavy (non-hydrogen) atoms. The number of halogens is 1. The Morgan fingerprint density at radius 3 is 2.85 bits per heavy atom. The molecule has 3 aromatic rings. The highest BCUT2D eigenvalue weighted by molar-refractivity contribution is 7.22. The van der Waals surface area contributed by atoms with Crippen LogP contribution >= 0.6 is 11.3 Å². The summed E-state index contributed by atoms with van der Waals surface area (Å²) in [5.74, 6) is -0.109. The molecule has 0 radical (unpaired) electrons. The van der Waals surface area contributed by atoms with E-state index in [1.165, 1.54) is 23.0 Å². The van der Waals surface area contributed by atoms with Crippen molar-refractivity contribution in [2.24, 2.45) is 5.92 Å². The molecule has 0 spiro atoms. The first-order valence-electron chi connectivity index (χ1n) is 8.90. The lowest BCUT2D eigenvalue weighted by Gasteiger charge is -2.41. The molecule has 0 aliphatic carbocycles. The largest absolute Gasteiger partial charge is 0.346 e. The number of carbonyl (C=O) groups excluding carboxylic acids is 1. The predicted octanol–water partition coefficient (Wildman–Crippen LogP) is 3.85. The standard InChI is InChI=1S/C20H18FN3OS/c21-15-7-3-9-17-18(15)22-20(26-17)23-11-14(12-23)19(25)24-10-4-6-13-5-1-2-8-16(13)24/h1-3,5,7-9,14H,4,6,10-12H2. The number of aryl methyl sites for hydroxylation is 1. The average Bonchev–Trinajstić information content (AvgIpc) is 3.05. The lowest BCUT2D eigenvalue weighted by atomic mass is 9.95. The van der Waals surface area contributed by atoms with Gasteiger partial charge in [0.15, 0.2) is 5.13 Å². The fourth-order valence-corrected chi connectivity index (χ4v) is 4.81. The summed E-state index contributed by atoms with van der Waals surface area (Å²) in [6.07, 6.45) is 2.05. The van der Waals surface area contributed by atoms with E-state index in [1.54, 1.807) is 6.07 Å². The zero-order chi connectivity index (χ0) is 17.7. The summed E-state index contributed by atoms with van der Waals surface area (Å²) in [6, 6.07) is 13.2. The number of para-hydroxylation sites is 2. The molecule has 2 aromatic carbocycles. The van der Waals surface area contributed by atoms with Gasteiger partial charge in [-0.25, -0.2) is 9.37 Å². The Bertz CT molecular complexity index is 996. The molecule has 132 valence electrons. The van der Waals surface area contributed by atoms with Gasteiger partial charge in [0.05, 0.1) is 10.6 Å². The van der Waals surface area contributed by atoms with Gasteiger partial charge in [-0.1, -0.05) is 35.6 Å². The highest BCUT2D eigenvalue weighted by atomic mass is 32.1. The fraction of sp³-hybridized carbons (Fsp3) is 0.300. The quantitative estimate of drug-likeness (QED) is 0.690. The Kier molecular flexibility index (Phi) is 3.67.